The van der Waals surface area contributed by atoms with E-state index in [4.69, 9.17) is 21.1 Å². The number of carbonyl (C=O) groups is 1. The lowest BCUT2D eigenvalue weighted by atomic mass is 10.2. The Kier molecular flexibility index (Phi) is 4.72. The molecule has 1 aromatic rings. The Labute approximate surface area is 119 Å². The molecule has 0 aromatic heterocycles. The summed E-state index contributed by atoms with van der Waals surface area (Å²) in [6.45, 7) is 0.189. The van der Waals surface area contributed by atoms with Gasteiger partial charge in [0, 0.05) is 23.9 Å². The first kappa shape index (κ1) is 13.5. The van der Waals surface area contributed by atoms with Crippen LogP contribution in [0.25, 0.3) is 0 Å². The molecule has 2 rings (SSSR count). The summed E-state index contributed by atoms with van der Waals surface area (Å²) in [6.07, 6.45) is 2.30. The van der Waals surface area contributed by atoms with Crippen molar-refractivity contribution in [3.05, 3.63) is 17.2 Å². The number of alkyl halides is 1. The van der Waals surface area contributed by atoms with Crippen molar-refractivity contribution >= 4 is 39.1 Å². The normalized spacial score (nSPS) is 12.6. The fourth-order valence-electron chi connectivity index (χ4n) is 1.61. The molecule has 0 bridgehead atoms. The fourth-order valence-corrected chi connectivity index (χ4v) is 2.20. The molecule has 6 heteroatoms. The third-order valence-corrected chi connectivity index (χ3v) is 3.40. The molecule has 1 amide bonds. The van der Waals surface area contributed by atoms with E-state index >= 15 is 0 Å². The van der Waals surface area contributed by atoms with Gasteiger partial charge in [-0.2, -0.15) is 0 Å². The van der Waals surface area contributed by atoms with Crippen LogP contribution in [-0.2, 0) is 4.79 Å². The molecule has 4 nitrogen and oxygen atoms in total. The number of carbonyl (C=O) groups excluding carboxylic acids is 1. The van der Waals surface area contributed by atoms with Crippen LogP contribution in [0, 0.1) is 0 Å². The molecule has 0 fully saturated rings. The van der Waals surface area contributed by atoms with Crippen molar-refractivity contribution in [1.82, 2.24) is 0 Å². The fraction of sp³-hybridized carbons (Fsp3) is 0.417. The Morgan fingerprint density at radius 3 is 2.78 bits per heavy atom. The summed E-state index contributed by atoms with van der Waals surface area (Å²) >= 11 is 9.38. The van der Waals surface area contributed by atoms with Crippen molar-refractivity contribution in [3.8, 4) is 11.5 Å². The molecule has 18 heavy (non-hydrogen) atoms. The van der Waals surface area contributed by atoms with Gasteiger partial charge in [0.15, 0.2) is 11.5 Å². The van der Waals surface area contributed by atoms with E-state index in [-0.39, 0.29) is 12.7 Å². The van der Waals surface area contributed by atoms with E-state index in [2.05, 4.69) is 21.2 Å². The van der Waals surface area contributed by atoms with Crippen LogP contribution >= 0.6 is 27.5 Å². The topological polar surface area (TPSA) is 47.6 Å². The van der Waals surface area contributed by atoms with Gasteiger partial charge in [0.05, 0.1) is 10.7 Å². The maximum Gasteiger partial charge on any atom is 0.231 e. The minimum atomic E-state index is -0.0447. The highest BCUT2D eigenvalue weighted by Crippen LogP contribution is 2.39. The smallest absolute Gasteiger partial charge is 0.231 e. The van der Waals surface area contributed by atoms with Crippen LogP contribution in [0.2, 0.25) is 5.02 Å². The van der Waals surface area contributed by atoms with E-state index in [1.165, 1.54) is 0 Å². The average Bonchev–Trinajstić information content (AvgIpc) is 2.77. The minimum absolute atomic E-state index is 0.0447. The summed E-state index contributed by atoms with van der Waals surface area (Å²) in [5, 5.41) is 4.14. The molecule has 0 unspecified atom stereocenters. The second-order valence-electron chi connectivity index (χ2n) is 3.88. The molecular formula is C12H13BrClNO3. The van der Waals surface area contributed by atoms with E-state index < -0.39 is 0 Å². The van der Waals surface area contributed by atoms with E-state index in [1.54, 1.807) is 12.1 Å². The SMILES string of the molecule is O=C(CCCCBr)Nc1cc2c(cc1Cl)OCO2. The average molecular weight is 335 g/mol. The molecule has 0 spiro atoms. The largest absolute Gasteiger partial charge is 0.454 e. The maximum atomic E-state index is 11.7. The molecular weight excluding hydrogens is 321 g/mol. The molecule has 0 aliphatic carbocycles. The minimum Gasteiger partial charge on any atom is -0.454 e. The number of halogens is 2. The summed E-state index contributed by atoms with van der Waals surface area (Å²) < 4.78 is 10.4. The standard InChI is InChI=1S/C12H13BrClNO3/c13-4-2-1-3-12(16)15-9-6-11-10(5-8(9)14)17-7-18-11/h5-6H,1-4,7H2,(H,15,16). The van der Waals surface area contributed by atoms with E-state index in [0.717, 1.165) is 18.2 Å². The monoisotopic (exact) mass is 333 g/mol. The first-order valence-electron chi connectivity index (χ1n) is 5.65. The van der Waals surface area contributed by atoms with Gasteiger partial charge in [-0.05, 0) is 12.8 Å². The molecule has 0 saturated carbocycles. The highest BCUT2D eigenvalue weighted by molar-refractivity contribution is 9.09. The number of rotatable bonds is 5. The van der Waals surface area contributed by atoms with Crippen LogP contribution in [-0.4, -0.2) is 18.0 Å². The number of ether oxygens (including phenoxy) is 2. The predicted molar refractivity (Wildman–Crippen MR) is 73.8 cm³/mol. The first-order valence-corrected chi connectivity index (χ1v) is 7.15. The second kappa shape index (κ2) is 6.29. The highest BCUT2D eigenvalue weighted by atomic mass is 79.9. The van der Waals surface area contributed by atoms with Gasteiger partial charge in [0.25, 0.3) is 0 Å². The van der Waals surface area contributed by atoms with Crippen molar-refractivity contribution < 1.29 is 14.3 Å². The number of benzene rings is 1. The van der Waals surface area contributed by atoms with Crippen LogP contribution in [0.1, 0.15) is 19.3 Å². The Hall–Kier alpha value is -0.940. The quantitative estimate of drug-likeness (QED) is 0.661. The van der Waals surface area contributed by atoms with Gasteiger partial charge in [-0.25, -0.2) is 0 Å². The summed E-state index contributed by atoms with van der Waals surface area (Å²) in [7, 11) is 0. The maximum absolute atomic E-state index is 11.7. The summed E-state index contributed by atoms with van der Waals surface area (Å²) in [6, 6.07) is 3.34. The van der Waals surface area contributed by atoms with Crippen LogP contribution < -0.4 is 14.8 Å². The zero-order valence-corrected chi connectivity index (χ0v) is 12.0. The first-order chi connectivity index (χ1) is 8.70. The van der Waals surface area contributed by atoms with Gasteiger partial charge in [-0.3, -0.25) is 4.79 Å². The summed E-state index contributed by atoms with van der Waals surface area (Å²) in [4.78, 5) is 11.7. The Balaban J connectivity index is 1.99. The number of unbranched alkanes of at least 4 members (excludes halogenated alkanes) is 1. The van der Waals surface area contributed by atoms with Gasteiger partial charge < -0.3 is 14.8 Å². The molecule has 1 aliphatic heterocycles. The predicted octanol–water partition coefficient (Wildman–Crippen LogP) is 3.57. The third-order valence-electron chi connectivity index (χ3n) is 2.52. The van der Waals surface area contributed by atoms with Crippen molar-refractivity contribution in [2.45, 2.75) is 19.3 Å². The lowest BCUT2D eigenvalue weighted by Crippen LogP contribution is -2.11. The van der Waals surface area contributed by atoms with Crippen molar-refractivity contribution in [3.63, 3.8) is 0 Å². The van der Waals surface area contributed by atoms with Gasteiger partial charge in [0.1, 0.15) is 0 Å². The lowest BCUT2D eigenvalue weighted by molar-refractivity contribution is -0.116. The number of anilines is 1. The van der Waals surface area contributed by atoms with Gasteiger partial charge in [-0.15, -0.1) is 0 Å². The van der Waals surface area contributed by atoms with Gasteiger partial charge in [0.2, 0.25) is 12.7 Å². The molecule has 1 N–H and O–H groups in total. The Morgan fingerprint density at radius 2 is 2.06 bits per heavy atom. The molecule has 1 aliphatic rings. The summed E-state index contributed by atoms with van der Waals surface area (Å²) in [5.74, 6) is 1.17. The molecule has 0 radical (unpaired) electrons. The van der Waals surface area contributed by atoms with Crippen LogP contribution in [0.3, 0.4) is 0 Å². The molecule has 1 aromatic carbocycles. The third kappa shape index (κ3) is 3.29. The van der Waals surface area contributed by atoms with Gasteiger partial charge >= 0.3 is 0 Å². The molecule has 1 heterocycles. The molecule has 98 valence electrons. The Morgan fingerprint density at radius 1 is 1.33 bits per heavy atom. The zero-order valence-electron chi connectivity index (χ0n) is 9.67. The van der Waals surface area contributed by atoms with E-state index in [0.29, 0.717) is 28.6 Å². The molecule has 0 atom stereocenters. The number of nitrogens with one attached hydrogen (secondary N) is 1. The van der Waals surface area contributed by atoms with Crippen LogP contribution in [0.15, 0.2) is 12.1 Å². The van der Waals surface area contributed by atoms with E-state index in [9.17, 15) is 4.79 Å². The van der Waals surface area contributed by atoms with E-state index in [1.807, 2.05) is 0 Å². The number of fused-ring (bicyclic) bond motifs is 1. The zero-order chi connectivity index (χ0) is 13.0. The summed E-state index contributed by atoms with van der Waals surface area (Å²) in [5.41, 5.74) is 0.560. The Bertz CT molecular complexity index is 453. The van der Waals surface area contributed by atoms with Gasteiger partial charge in [-0.1, -0.05) is 27.5 Å². The number of amides is 1. The van der Waals surface area contributed by atoms with Crippen molar-refractivity contribution in [2.75, 3.05) is 17.4 Å². The molecule has 0 saturated heterocycles. The second-order valence-corrected chi connectivity index (χ2v) is 5.08. The van der Waals surface area contributed by atoms with Crippen LogP contribution in [0.4, 0.5) is 5.69 Å². The highest BCUT2D eigenvalue weighted by Gasteiger charge is 2.17. The van der Waals surface area contributed by atoms with Crippen molar-refractivity contribution in [1.29, 1.82) is 0 Å². The number of hydrogen-bond donors (Lipinski definition) is 1. The van der Waals surface area contributed by atoms with Crippen molar-refractivity contribution in [2.24, 2.45) is 0 Å². The number of hydrogen-bond acceptors (Lipinski definition) is 3. The van der Waals surface area contributed by atoms with Crippen LogP contribution in [0.5, 0.6) is 11.5 Å². The lowest BCUT2D eigenvalue weighted by Gasteiger charge is -2.08.